The van der Waals surface area contributed by atoms with Crippen molar-refractivity contribution in [2.75, 3.05) is 0 Å². The molecule has 1 fully saturated rings. The summed E-state index contributed by atoms with van der Waals surface area (Å²) in [5, 5.41) is 3.63. The number of rotatable bonds is 2. The van der Waals surface area contributed by atoms with Crippen LogP contribution in [0.3, 0.4) is 0 Å². The quantitative estimate of drug-likeness (QED) is 0.784. The average Bonchev–Trinajstić information content (AvgIpc) is 2.67. The van der Waals surface area contributed by atoms with Gasteiger partial charge in [-0.2, -0.15) is 13.5 Å². The second kappa shape index (κ2) is 3.94. The zero-order chi connectivity index (χ0) is 10.9. The third-order valence-electron chi connectivity index (χ3n) is 2.80. The van der Waals surface area contributed by atoms with E-state index in [0.717, 1.165) is 25.7 Å². The van der Waals surface area contributed by atoms with Crippen LogP contribution in [0.1, 0.15) is 38.1 Å². The van der Waals surface area contributed by atoms with Gasteiger partial charge in [-0.3, -0.25) is 9.23 Å². The molecule has 1 aliphatic rings. The highest BCUT2D eigenvalue weighted by molar-refractivity contribution is 7.85. The fourth-order valence-electron chi connectivity index (χ4n) is 2.01. The highest BCUT2D eigenvalue weighted by atomic mass is 32.2. The van der Waals surface area contributed by atoms with Gasteiger partial charge in [0.1, 0.15) is 0 Å². The van der Waals surface area contributed by atoms with Gasteiger partial charge in [0.25, 0.3) is 0 Å². The van der Waals surface area contributed by atoms with Gasteiger partial charge in [0.05, 0.1) is 6.04 Å². The SMILES string of the molecule is O=S(=O)(O)c1ccn(C2CCCCC2)n1. The van der Waals surface area contributed by atoms with Crippen molar-refractivity contribution in [1.82, 2.24) is 9.78 Å². The van der Waals surface area contributed by atoms with Crippen LogP contribution >= 0.6 is 0 Å². The predicted molar refractivity (Wildman–Crippen MR) is 54.2 cm³/mol. The highest BCUT2D eigenvalue weighted by Crippen LogP contribution is 2.27. The lowest BCUT2D eigenvalue weighted by Crippen LogP contribution is -2.14. The predicted octanol–water partition coefficient (Wildman–Crippen LogP) is 1.64. The number of hydrogen-bond donors (Lipinski definition) is 1. The molecule has 1 N–H and O–H groups in total. The van der Waals surface area contributed by atoms with Crippen LogP contribution in [0.2, 0.25) is 0 Å². The number of nitrogens with zero attached hydrogens (tertiary/aromatic N) is 2. The second-order valence-corrected chi connectivity index (χ2v) is 5.27. The fourth-order valence-corrected chi connectivity index (χ4v) is 2.44. The van der Waals surface area contributed by atoms with Gasteiger partial charge in [0, 0.05) is 6.20 Å². The van der Waals surface area contributed by atoms with Gasteiger partial charge in [-0.05, 0) is 18.9 Å². The minimum Gasteiger partial charge on any atom is -0.281 e. The Balaban J connectivity index is 2.19. The van der Waals surface area contributed by atoms with Gasteiger partial charge >= 0.3 is 10.1 Å². The van der Waals surface area contributed by atoms with Crippen LogP contribution in [-0.4, -0.2) is 22.8 Å². The van der Waals surface area contributed by atoms with Crippen molar-refractivity contribution in [1.29, 1.82) is 0 Å². The van der Waals surface area contributed by atoms with Crippen molar-refractivity contribution >= 4 is 10.1 Å². The molecule has 0 aliphatic heterocycles. The zero-order valence-electron chi connectivity index (χ0n) is 8.33. The molecule has 0 atom stereocenters. The first-order valence-corrected chi connectivity index (χ1v) is 6.54. The lowest BCUT2D eigenvalue weighted by atomic mass is 9.96. The van der Waals surface area contributed by atoms with Crippen molar-refractivity contribution in [3.63, 3.8) is 0 Å². The number of hydrogen-bond acceptors (Lipinski definition) is 3. The molecule has 0 bridgehead atoms. The van der Waals surface area contributed by atoms with Gasteiger partial charge in [0.15, 0.2) is 0 Å². The Hall–Kier alpha value is -0.880. The van der Waals surface area contributed by atoms with Crippen molar-refractivity contribution in [2.45, 2.75) is 43.2 Å². The third kappa shape index (κ3) is 2.38. The Morgan fingerprint density at radius 1 is 1.33 bits per heavy atom. The zero-order valence-corrected chi connectivity index (χ0v) is 9.15. The molecule has 1 aromatic heterocycles. The van der Waals surface area contributed by atoms with Gasteiger partial charge in [-0.1, -0.05) is 19.3 Å². The molecule has 0 amide bonds. The first-order valence-electron chi connectivity index (χ1n) is 5.10. The Morgan fingerprint density at radius 3 is 2.53 bits per heavy atom. The summed E-state index contributed by atoms with van der Waals surface area (Å²) in [7, 11) is -4.15. The summed E-state index contributed by atoms with van der Waals surface area (Å²) in [5.74, 6) is 0. The molecule has 1 heterocycles. The van der Waals surface area contributed by atoms with Crippen molar-refractivity contribution in [3.8, 4) is 0 Å². The van der Waals surface area contributed by atoms with E-state index in [1.807, 2.05) is 0 Å². The molecule has 1 aliphatic carbocycles. The van der Waals surface area contributed by atoms with E-state index in [9.17, 15) is 8.42 Å². The first kappa shape index (κ1) is 10.6. The molecular weight excluding hydrogens is 216 g/mol. The summed E-state index contributed by atoms with van der Waals surface area (Å²) in [5.41, 5.74) is 0. The first-order chi connectivity index (χ1) is 7.07. The fraction of sp³-hybridized carbons (Fsp3) is 0.667. The second-order valence-electron chi connectivity index (χ2n) is 3.90. The van der Waals surface area contributed by atoms with E-state index >= 15 is 0 Å². The van der Waals surface area contributed by atoms with Crippen molar-refractivity contribution in [2.24, 2.45) is 0 Å². The van der Waals surface area contributed by atoms with Crippen LogP contribution in [0.4, 0.5) is 0 Å². The molecular formula is C9H14N2O3S. The molecule has 0 aromatic carbocycles. The Kier molecular flexibility index (Phi) is 2.79. The molecule has 0 unspecified atom stereocenters. The van der Waals surface area contributed by atoms with E-state index in [2.05, 4.69) is 5.10 Å². The Labute approximate surface area is 88.9 Å². The van der Waals surface area contributed by atoms with Crippen LogP contribution in [0.25, 0.3) is 0 Å². The summed E-state index contributed by atoms with van der Waals surface area (Å²) in [4.78, 5) is 0. The van der Waals surface area contributed by atoms with E-state index in [1.54, 1.807) is 10.9 Å². The smallest absolute Gasteiger partial charge is 0.281 e. The van der Waals surface area contributed by atoms with E-state index in [0.29, 0.717) is 0 Å². The maximum atomic E-state index is 10.8. The number of aromatic nitrogens is 2. The molecule has 0 radical (unpaired) electrons. The maximum absolute atomic E-state index is 10.8. The summed E-state index contributed by atoms with van der Waals surface area (Å²) in [6.45, 7) is 0. The average molecular weight is 230 g/mol. The molecule has 15 heavy (non-hydrogen) atoms. The normalized spacial score (nSPS) is 19.3. The lowest BCUT2D eigenvalue weighted by molar-refractivity contribution is 0.325. The third-order valence-corrected chi connectivity index (χ3v) is 3.54. The lowest BCUT2D eigenvalue weighted by Gasteiger charge is -2.21. The van der Waals surface area contributed by atoms with Crippen molar-refractivity contribution in [3.05, 3.63) is 12.3 Å². The van der Waals surface area contributed by atoms with Crippen LogP contribution in [0.5, 0.6) is 0 Å². The molecule has 6 heteroatoms. The summed E-state index contributed by atoms with van der Waals surface area (Å²) < 4.78 is 32.1. The van der Waals surface area contributed by atoms with Gasteiger partial charge in [-0.25, -0.2) is 0 Å². The van der Waals surface area contributed by atoms with E-state index < -0.39 is 10.1 Å². The van der Waals surface area contributed by atoms with Crippen molar-refractivity contribution < 1.29 is 13.0 Å². The minimum absolute atomic E-state index is 0.256. The molecule has 5 nitrogen and oxygen atoms in total. The van der Waals surface area contributed by atoms with Crippen LogP contribution < -0.4 is 0 Å². The van der Waals surface area contributed by atoms with E-state index in [1.165, 1.54) is 12.5 Å². The molecule has 2 rings (SSSR count). The Bertz CT molecular complexity index is 432. The molecule has 1 saturated carbocycles. The molecule has 1 aromatic rings. The topological polar surface area (TPSA) is 72.2 Å². The summed E-state index contributed by atoms with van der Waals surface area (Å²) in [6, 6.07) is 1.62. The van der Waals surface area contributed by atoms with Gasteiger partial charge < -0.3 is 0 Å². The van der Waals surface area contributed by atoms with Crippen LogP contribution in [0, 0.1) is 0 Å². The standard InChI is InChI=1S/C9H14N2O3S/c12-15(13,14)9-6-7-11(10-9)8-4-2-1-3-5-8/h6-8H,1-5H2,(H,12,13,14). The molecule has 0 spiro atoms. The van der Waals surface area contributed by atoms with Crippen LogP contribution in [-0.2, 0) is 10.1 Å². The van der Waals surface area contributed by atoms with Crippen LogP contribution in [0.15, 0.2) is 17.3 Å². The minimum atomic E-state index is -4.15. The Morgan fingerprint density at radius 2 is 2.00 bits per heavy atom. The highest BCUT2D eigenvalue weighted by Gasteiger charge is 2.19. The molecule has 0 saturated heterocycles. The van der Waals surface area contributed by atoms with E-state index in [-0.39, 0.29) is 11.1 Å². The van der Waals surface area contributed by atoms with E-state index in [4.69, 9.17) is 4.55 Å². The van der Waals surface area contributed by atoms with Gasteiger partial charge in [0.2, 0.25) is 5.03 Å². The van der Waals surface area contributed by atoms with Gasteiger partial charge in [-0.15, -0.1) is 0 Å². The summed E-state index contributed by atoms with van der Waals surface area (Å²) in [6.07, 6.45) is 7.25. The molecule has 84 valence electrons. The monoisotopic (exact) mass is 230 g/mol. The maximum Gasteiger partial charge on any atom is 0.313 e. The largest absolute Gasteiger partial charge is 0.313 e. The summed E-state index contributed by atoms with van der Waals surface area (Å²) >= 11 is 0.